The lowest BCUT2D eigenvalue weighted by Crippen LogP contribution is -2.38. The van der Waals surface area contributed by atoms with Crippen molar-refractivity contribution < 1.29 is 9.59 Å². The van der Waals surface area contributed by atoms with E-state index in [9.17, 15) is 9.59 Å². The van der Waals surface area contributed by atoms with Gasteiger partial charge in [-0.1, -0.05) is 37.5 Å². The lowest BCUT2D eigenvalue weighted by molar-refractivity contribution is 0.0690. The summed E-state index contributed by atoms with van der Waals surface area (Å²) in [5.41, 5.74) is 1.62. The number of ketones is 1. The fourth-order valence-corrected chi connectivity index (χ4v) is 5.82. The zero-order chi connectivity index (χ0) is 22.6. The number of hydrogen-bond donors (Lipinski definition) is 0. The Hall–Kier alpha value is -2.99. The molecule has 1 fully saturated rings. The van der Waals surface area contributed by atoms with Gasteiger partial charge in [0.1, 0.15) is 5.65 Å². The van der Waals surface area contributed by atoms with E-state index in [2.05, 4.69) is 17.1 Å². The topological polar surface area (TPSA) is 54.7 Å². The minimum Gasteiger partial charge on any atom is -0.338 e. The second kappa shape index (κ2) is 9.87. The summed E-state index contributed by atoms with van der Waals surface area (Å²) in [6.45, 7) is 1.71. The van der Waals surface area contributed by atoms with Crippen LogP contribution >= 0.6 is 11.3 Å². The molecule has 5 nitrogen and oxygen atoms in total. The molecule has 170 valence electrons. The number of Topliss-reactive ketones (excluding diaryl/α,β-unsaturated/α-hetero) is 1. The molecule has 0 aliphatic carbocycles. The highest BCUT2D eigenvalue weighted by Crippen LogP contribution is 2.29. The molecule has 3 aromatic heterocycles. The zero-order valence-electron chi connectivity index (χ0n) is 18.8. The van der Waals surface area contributed by atoms with Crippen molar-refractivity contribution in [1.82, 2.24) is 14.3 Å². The van der Waals surface area contributed by atoms with Crippen LogP contribution in [0.3, 0.4) is 0 Å². The van der Waals surface area contributed by atoms with Crippen LogP contribution in [0.2, 0.25) is 0 Å². The predicted molar refractivity (Wildman–Crippen MR) is 133 cm³/mol. The van der Waals surface area contributed by atoms with Crippen LogP contribution < -0.4 is 0 Å². The minimum absolute atomic E-state index is 0.182. The van der Waals surface area contributed by atoms with Crippen LogP contribution in [0, 0.1) is 5.92 Å². The van der Waals surface area contributed by atoms with E-state index in [-0.39, 0.29) is 11.7 Å². The first-order valence-corrected chi connectivity index (χ1v) is 12.7. The van der Waals surface area contributed by atoms with Crippen LogP contribution in [0.4, 0.5) is 0 Å². The van der Waals surface area contributed by atoms with Gasteiger partial charge in [-0.25, -0.2) is 4.98 Å². The Labute approximate surface area is 198 Å². The summed E-state index contributed by atoms with van der Waals surface area (Å²) < 4.78 is 3.07. The number of likely N-dealkylation sites (tertiary alicyclic amines) is 1. The van der Waals surface area contributed by atoms with Gasteiger partial charge in [-0.05, 0) is 54.8 Å². The van der Waals surface area contributed by atoms with E-state index in [1.54, 1.807) is 17.5 Å². The fourth-order valence-electron chi connectivity index (χ4n) is 4.79. The van der Waals surface area contributed by atoms with Gasteiger partial charge in [0.15, 0.2) is 5.78 Å². The van der Waals surface area contributed by atoms with Crippen molar-refractivity contribution in [3.63, 3.8) is 0 Å². The molecule has 0 atom stereocenters. The average molecular weight is 460 g/mol. The van der Waals surface area contributed by atoms with Gasteiger partial charge in [-0.2, -0.15) is 0 Å². The van der Waals surface area contributed by atoms with E-state index in [0.29, 0.717) is 12.3 Å². The quantitative estimate of drug-likeness (QED) is 0.232. The normalized spacial score (nSPS) is 14.8. The number of pyridine rings is 1. The average Bonchev–Trinajstić information content (AvgIpc) is 3.50. The first-order valence-electron chi connectivity index (χ1n) is 11.9. The molecule has 0 bridgehead atoms. The van der Waals surface area contributed by atoms with Crippen molar-refractivity contribution in [2.75, 3.05) is 13.1 Å². The van der Waals surface area contributed by atoms with Crippen molar-refractivity contribution >= 4 is 38.8 Å². The van der Waals surface area contributed by atoms with Crippen LogP contribution in [-0.2, 0) is 0 Å². The molecule has 6 heteroatoms. The number of nitrogens with zero attached hydrogens (tertiary/aromatic N) is 3. The van der Waals surface area contributed by atoms with E-state index in [1.807, 2.05) is 52.0 Å². The van der Waals surface area contributed by atoms with Crippen LogP contribution in [0.15, 0.2) is 61.1 Å². The molecule has 1 aliphatic rings. The number of benzene rings is 1. The Morgan fingerprint density at radius 2 is 1.88 bits per heavy atom. The van der Waals surface area contributed by atoms with Crippen molar-refractivity contribution in [2.24, 2.45) is 5.92 Å². The van der Waals surface area contributed by atoms with Crippen molar-refractivity contribution in [3.05, 3.63) is 71.5 Å². The maximum absolute atomic E-state index is 12.9. The molecule has 0 radical (unpaired) electrons. The van der Waals surface area contributed by atoms with Gasteiger partial charge in [0, 0.05) is 48.4 Å². The number of carbonyl (C=O) groups excluding carboxylic acids is 2. The maximum Gasteiger partial charge on any atom is 0.263 e. The molecule has 0 spiro atoms. The first kappa shape index (κ1) is 21.8. The molecule has 0 N–H and O–H groups in total. The third-order valence-electron chi connectivity index (χ3n) is 6.76. The Morgan fingerprint density at radius 1 is 1.03 bits per heavy atom. The van der Waals surface area contributed by atoms with E-state index < -0.39 is 0 Å². The van der Waals surface area contributed by atoms with E-state index in [0.717, 1.165) is 66.7 Å². The molecular formula is C27H29N3O2S. The van der Waals surface area contributed by atoms with Crippen molar-refractivity contribution in [3.8, 4) is 0 Å². The molecule has 1 amide bonds. The lowest BCUT2D eigenvalue weighted by Gasteiger charge is -2.31. The monoisotopic (exact) mass is 459 g/mol. The number of aromatic nitrogens is 2. The molecule has 0 unspecified atom stereocenters. The second-order valence-electron chi connectivity index (χ2n) is 9.02. The standard InChI is InChI=1S/C27H29N3O2S/c31-23(22-10-11-26-28-14-17-30(26)19-22)8-3-1-2-6-20-12-15-29(16-13-20)27(32)25-18-21-7-4-5-9-24(21)33-25/h4-5,7,9-11,14,17-20H,1-3,6,8,12-13,15-16H2. The number of rotatable bonds is 8. The Morgan fingerprint density at radius 3 is 2.73 bits per heavy atom. The van der Waals surface area contributed by atoms with Gasteiger partial charge >= 0.3 is 0 Å². The van der Waals surface area contributed by atoms with Crippen molar-refractivity contribution in [2.45, 2.75) is 44.9 Å². The van der Waals surface area contributed by atoms with Gasteiger partial charge in [0.05, 0.1) is 4.88 Å². The van der Waals surface area contributed by atoms with Crippen molar-refractivity contribution in [1.29, 1.82) is 0 Å². The van der Waals surface area contributed by atoms with E-state index in [1.165, 1.54) is 11.1 Å². The number of thiophene rings is 1. The van der Waals surface area contributed by atoms with Crippen LogP contribution in [0.1, 0.15) is 65.0 Å². The molecule has 0 saturated carbocycles. The highest BCUT2D eigenvalue weighted by molar-refractivity contribution is 7.20. The van der Waals surface area contributed by atoms with Gasteiger partial charge in [-0.15, -0.1) is 11.3 Å². The summed E-state index contributed by atoms with van der Waals surface area (Å²) in [7, 11) is 0. The van der Waals surface area contributed by atoms with Gasteiger partial charge < -0.3 is 9.30 Å². The molecule has 4 aromatic rings. The number of unbranched alkanes of at least 4 members (excludes halogenated alkanes) is 2. The molecule has 33 heavy (non-hydrogen) atoms. The zero-order valence-corrected chi connectivity index (χ0v) is 19.6. The third-order valence-corrected chi connectivity index (χ3v) is 7.87. The van der Waals surface area contributed by atoms with Crippen LogP contribution in [-0.4, -0.2) is 39.1 Å². The van der Waals surface area contributed by atoms with Gasteiger partial charge in [0.25, 0.3) is 5.91 Å². The Balaban J connectivity index is 1.01. The molecule has 4 heterocycles. The van der Waals surface area contributed by atoms with Gasteiger partial charge in [-0.3, -0.25) is 9.59 Å². The summed E-state index contributed by atoms with van der Waals surface area (Å²) in [6, 6.07) is 14.0. The van der Waals surface area contributed by atoms with Crippen LogP contribution in [0.5, 0.6) is 0 Å². The van der Waals surface area contributed by atoms with Gasteiger partial charge in [0.2, 0.25) is 0 Å². The highest BCUT2D eigenvalue weighted by Gasteiger charge is 2.24. The van der Waals surface area contributed by atoms with E-state index >= 15 is 0 Å². The number of hydrogen-bond acceptors (Lipinski definition) is 4. The summed E-state index contributed by atoms with van der Waals surface area (Å²) in [6.07, 6.45) is 12.6. The lowest BCUT2D eigenvalue weighted by atomic mass is 9.91. The summed E-state index contributed by atoms with van der Waals surface area (Å²) >= 11 is 1.60. The molecule has 1 aliphatic heterocycles. The molecule has 1 saturated heterocycles. The predicted octanol–water partition coefficient (Wildman–Crippen LogP) is 6.23. The number of imidazole rings is 1. The Kier molecular flexibility index (Phi) is 6.53. The number of carbonyl (C=O) groups is 2. The summed E-state index contributed by atoms with van der Waals surface area (Å²) in [4.78, 5) is 32.5. The number of amides is 1. The SMILES string of the molecule is O=C(CCCCCC1CCN(C(=O)c2cc3ccccc3s2)CC1)c1ccc2nccn2c1. The largest absolute Gasteiger partial charge is 0.338 e. The molecule has 5 rings (SSSR count). The molecule has 1 aromatic carbocycles. The summed E-state index contributed by atoms with van der Waals surface area (Å²) in [5.74, 6) is 1.08. The number of fused-ring (bicyclic) bond motifs is 2. The summed E-state index contributed by atoms with van der Waals surface area (Å²) in [5, 5.41) is 1.15. The fraction of sp³-hybridized carbons (Fsp3) is 0.370. The van der Waals surface area contributed by atoms with E-state index in [4.69, 9.17) is 0 Å². The minimum atomic E-state index is 0.182. The Bertz CT molecular complexity index is 1230. The second-order valence-corrected chi connectivity index (χ2v) is 10.1. The van der Waals surface area contributed by atoms with Crippen LogP contribution in [0.25, 0.3) is 15.7 Å². The number of piperidine rings is 1. The highest BCUT2D eigenvalue weighted by atomic mass is 32.1. The first-order chi connectivity index (χ1) is 16.2. The smallest absolute Gasteiger partial charge is 0.263 e. The maximum atomic E-state index is 12.9. The third kappa shape index (κ3) is 5.01. The molecular weight excluding hydrogens is 430 g/mol.